The number of anilines is 2. The minimum Gasteiger partial charge on any atom is -0.455 e. The minimum absolute atomic E-state index is 0.00282. The van der Waals surface area contributed by atoms with Gasteiger partial charge in [-0.1, -0.05) is 35.9 Å². The van der Waals surface area contributed by atoms with Crippen LogP contribution in [0.3, 0.4) is 0 Å². The molecule has 2 aromatic heterocycles. The molecule has 4 aromatic rings. The van der Waals surface area contributed by atoms with Gasteiger partial charge in [0.25, 0.3) is 0 Å². The molecule has 2 aromatic carbocycles. The van der Waals surface area contributed by atoms with Crippen molar-refractivity contribution < 1.29 is 18.3 Å². The van der Waals surface area contributed by atoms with Crippen LogP contribution >= 0.6 is 11.6 Å². The van der Waals surface area contributed by atoms with Crippen molar-refractivity contribution >= 4 is 40.1 Å². The zero-order valence-electron chi connectivity index (χ0n) is 21.5. The Hall–Kier alpha value is -3.91. The van der Waals surface area contributed by atoms with Gasteiger partial charge < -0.3 is 19.4 Å². The molecule has 5 rings (SSSR count). The molecule has 1 aliphatic heterocycles. The van der Waals surface area contributed by atoms with Gasteiger partial charge in [0.15, 0.2) is 11.1 Å². The van der Waals surface area contributed by atoms with Gasteiger partial charge >= 0.3 is 5.97 Å². The molecule has 9 heteroatoms. The van der Waals surface area contributed by atoms with Crippen LogP contribution in [0.5, 0.6) is 0 Å². The van der Waals surface area contributed by atoms with E-state index in [1.807, 2.05) is 29.2 Å². The molecule has 1 unspecified atom stereocenters. The molecule has 0 fully saturated rings. The van der Waals surface area contributed by atoms with Gasteiger partial charge in [-0.2, -0.15) is 0 Å². The van der Waals surface area contributed by atoms with Crippen molar-refractivity contribution in [2.75, 3.05) is 10.2 Å². The van der Waals surface area contributed by atoms with Crippen molar-refractivity contribution in [1.82, 2.24) is 4.98 Å². The number of aromatic nitrogens is 1. The molecule has 3 heterocycles. The number of benzene rings is 2. The Bertz CT molecular complexity index is 1590. The third kappa shape index (κ3) is 5.22. The molecule has 0 bridgehead atoms. The summed E-state index contributed by atoms with van der Waals surface area (Å²) in [6.45, 7) is 8.24. The fourth-order valence-electron chi connectivity index (χ4n) is 4.55. The van der Waals surface area contributed by atoms with Crippen molar-refractivity contribution in [3.8, 4) is 0 Å². The van der Waals surface area contributed by atoms with Gasteiger partial charge in [0.1, 0.15) is 22.2 Å². The summed E-state index contributed by atoms with van der Waals surface area (Å²) in [6, 6.07) is 14.5. The number of nitrogens with one attached hydrogen (secondary N) is 1. The molecular weight excluding hydrogens is 509 g/mol. The van der Waals surface area contributed by atoms with Gasteiger partial charge in [0, 0.05) is 24.7 Å². The molecule has 1 aliphatic rings. The molecule has 38 heavy (non-hydrogen) atoms. The molecule has 0 saturated heterocycles. The molecule has 0 radical (unpaired) electrons. The molecule has 1 N–H and O–H groups in total. The van der Waals surface area contributed by atoms with Crippen molar-refractivity contribution in [2.24, 2.45) is 0 Å². The Morgan fingerprint density at radius 1 is 1.13 bits per heavy atom. The summed E-state index contributed by atoms with van der Waals surface area (Å²) in [7, 11) is 0. The predicted octanol–water partition coefficient (Wildman–Crippen LogP) is 6.63. The van der Waals surface area contributed by atoms with Crippen molar-refractivity contribution in [3.05, 3.63) is 98.2 Å². The van der Waals surface area contributed by atoms with Crippen LogP contribution in [-0.4, -0.2) is 16.6 Å². The highest BCUT2D eigenvalue weighted by Crippen LogP contribution is 2.33. The molecule has 0 amide bonds. The van der Waals surface area contributed by atoms with Gasteiger partial charge in [-0.05, 0) is 63.1 Å². The van der Waals surface area contributed by atoms with Crippen LogP contribution in [-0.2, 0) is 17.8 Å². The quantitative estimate of drug-likeness (QED) is 0.227. The summed E-state index contributed by atoms with van der Waals surface area (Å²) in [5.74, 6) is -0.820. The second-order valence-corrected chi connectivity index (χ2v) is 10.7. The van der Waals surface area contributed by atoms with Gasteiger partial charge in [-0.3, -0.25) is 4.79 Å². The van der Waals surface area contributed by atoms with Crippen molar-refractivity contribution in [3.63, 3.8) is 0 Å². The van der Waals surface area contributed by atoms with Crippen LogP contribution in [0.4, 0.5) is 16.0 Å². The van der Waals surface area contributed by atoms with E-state index >= 15 is 0 Å². The van der Waals surface area contributed by atoms with E-state index in [1.165, 1.54) is 24.3 Å². The molecular formula is C29H27ClFN3O4. The largest absolute Gasteiger partial charge is 0.455 e. The maximum absolute atomic E-state index is 14.7. The topological polar surface area (TPSA) is 84.7 Å². The highest BCUT2D eigenvalue weighted by Gasteiger charge is 2.26. The van der Waals surface area contributed by atoms with E-state index in [9.17, 15) is 14.0 Å². The average molecular weight is 536 g/mol. The first kappa shape index (κ1) is 25.7. The second-order valence-electron chi connectivity index (χ2n) is 10.3. The first-order valence-electron chi connectivity index (χ1n) is 12.2. The number of rotatable bonds is 5. The third-order valence-corrected chi connectivity index (χ3v) is 6.46. The molecule has 196 valence electrons. The molecule has 0 spiro atoms. The van der Waals surface area contributed by atoms with Crippen molar-refractivity contribution in [1.29, 1.82) is 0 Å². The van der Waals surface area contributed by atoms with E-state index in [0.29, 0.717) is 30.2 Å². The average Bonchev–Trinajstić information content (AvgIpc) is 3.28. The number of pyridine rings is 1. The molecule has 1 atom stereocenters. The van der Waals surface area contributed by atoms with E-state index in [-0.39, 0.29) is 27.2 Å². The monoisotopic (exact) mass is 535 g/mol. The Morgan fingerprint density at radius 2 is 1.82 bits per heavy atom. The van der Waals surface area contributed by atoms with Crippen LogP contribution in [0.15, 0.2) is 63.8 Å². The Balaban J connectivity index is 1.52. The van der Waals surface area contributed by atoms with Crippen LogP contribution in [0, 0.1) is 5.82 Å². The number of carbonyl (C=O) groups is 1. The number of nitrogens with zero attached hydrogens (tertiary/aromatic N) is 2. The number of hydrogen-bond acceptors (Lipinski definition) is 7. The summed E-state index contributed by atoms with van der Waals surface area (Å²) < 4.78 is 26.4. The standard InChI is InChI=1S/C29H27ClFN3O4/c1-16(32-22-9-10-24(30)33-26(22)28(36)38-29(2,3)4)20-11-19(31)12-21-23(35)13-25(37-27(20)21)34-14-17-7-5-6-8-18(17)15-34/h5-13,16,32H,14-15H2,1-4H3. The van der Waals surface area contributed by atoms with Crippen LogP contribution < -0.4 is 15.6 Å². The zero-order chi connectivity index (χ0) is 27.2. The Morgan fingerprint density at radius 3 is 2.47 bits per heavy atom. The lowest BCUT2D eigenvalue weighted by Gasteiger charge is -2.22. The lowest BCUT2D eigenvalue weighted by molar-refractivity contribution is 0.00640. The molecule has 0 saturated carbocycles. The van der Waals surface area contributed by atoms with Crippen molar-refractivity contribution in [2.45, 2.75) is 52.4 Å². The van der Waals surface area contributed by atoms with E-state index in [4.69, 9.17) is 20.8 Å². The van der Waals surface area contributed by atoms with Crippen LogP contribution in [0.2, 0.25) is 5.15 Å². The van der Waals surface area contributed by atoms with E-state index < -0.39 is 23.4 Å². The smallest absolute Gasteiger partial charge is 0.359 e. The maximum atomic E-state index is 14.7. The minimum atomic E-state index is -0.738. The lowest BCUT2D eigenvalue weighted by atomic mass is 10.0. The fraction of sp³-hybridized carbons (Fsp3) is 0.276. The summed E-state index contributed by atoms with van der Waals surface area (Å²) in [5, 5.41) is 3.46. The normalized spacial score (nSPS) is 13.9. The van der Waals surface area contributed by atoms with Gasteiger partial charge in [-0.25, -0.2) is 14.2 Å². The van der Waals surface area contributed by atoms with Gasteiger partial charge in [-0.15, -0.1) is 0 Å². The summed E-state index contributed by atoms with van der Waals surface area (Å²) >= 11 is 6.06. The first-order valence-corrected chi connectivity index (χ1v) is 12.6. The summed E-state index contributed by atoms with van der Waals surface area (Å²) in [4.78, 5) is 32.0. The number of fused-ring (bicyclic) bond motifs is 2. The summed E-state index contributed by atoms with van der Waals surface area (Å²) in [6.07, 6.45) is 0. The highest BCUT2D eigenvalue weighted by atomic mass is 35.5. The fourth-order valence-corrected chi connectivity index (χ4v) is 4.69. The Kier molecular flexibility index (Phi) is 6.61. The van der Waals surface area contributed by atoms with Crippen LogP contribution in [0.25, 0.3) is 11.0 Å². The highest BCUT2D eigenvalue weighted by molar-refractivity contribution is 6.29. The molecule has 7 nitrogen and oxygen atoms in total. The maximum Gasteiger partial charge on any atom is 0.359 e. The SMILES string of the molecule is CC(Nc1ccc(Cl)nc1C(=O)OC(C)(C)C)c1cc(F)cc2c(=O)cc(N3Cc4ccccc4C3)oc12. The molecule has 0 aliphatic carbocycles. The second kappa shape index (κ2) is 9.76. The first-order chi connectivity index (χ1) is 18.0. The predicted molar refractivity (Wildman–Crippen MR) is 145 cm³/mol. The summed E-state index contributed by atoms with van der Waals surface area (Å²) in [5.41, 5.74) is 2.28. The zero-order valence-corrected chi connectivity index (χ0v) is 22.2. The van der Waals surface area contributed by atoms with E-state index in [2.05, 4.69) is 10.3 Å². The van der Waals surface area contributed by atoms with Gasteiger partial charge in [0.05, 0.1) is 17.1 Å². The number of carbonyl (C=O) groups excluding carboxylic acids is 1. The van der Waals surface area contributed by atoms with Gasteiger partial charge in [0.2, 0.25) is 5.88 Å². The van der Waals surface area contributed by atoms with E-state index in [1.54, 1.807) is 33.8 Å². The number of hydrogen-bond donors (Lipinski definition) is 1. The lowest BCUT2D eigenvalue weighted by Crippen LogP contribution is -2.25. The van der Waals surface area contributed by atoms with E-state index in [0.717, 1.165) is 11.1 Å². The third-order valence-electron chi connectivity index (χ3n) is 6.25. The number of esters is 1. The number of halogens is 2. The Labute approximate surface area is 224 Å². The van der Waals surface area contributed by atoms with Crippen LogP contribution in [0.1, 0.15) is 60.9 Å². The number of ether oxygens (including phenoxy) is 1.